The van der Waals surface area contributed by atoms with Crippen LogP contribution in [0.4, 0.5) is 0 Å². The van der Waals surface area contributed by atoms with Gasteiger partial charge in [-0.05, 0) is 81.5 Å². The summed E-state index contributed by atoms with van der Waals surface area (Å²) in [6.45, 7) is 1.04. The topological polar surface area (TPSA) is 73.8 Å². The predicted molar refractivity (Wildman–Crippen MR) is 134 cm³/mol. The first kappa shape index (κ1) is 25.6. The molecule has 5 heteroatoms. The molecule has 5 nitrogen and oxygen atoms in total. The molecular formula is C28H50N2O3. The van der Waals surface area contributed by atoms with E-state index in [1.807, 2.05) is 7.11 Å². The Kier molecular flexibility index (Phi) is 10.1. The molecule has 1 saturated heterocycles. The Bertz CT molecular complexity index is 584. The van der Waals surface area contributed by atoms with Gasteiger partial charge in [-0.2, -0.15) is 0 Å². The Hall–Kier alpha value is -0.460. The van der Waals surface area contributed by atoms with Gasteiger partial charge in [0.05, 0.1) is 0 Å². The lowest BCUT2D eigenvalue weighted by atomic mass is 9.67. The molecule has 1 heterocycles. The molecule has 1 aliphatic heterocycles. The first-order valence-corrected chi connectivity index (χ1v) is 14.2. The molecule has 3 aliphatic carbocycles. The van der Waals surface area contributed by atoms with Crippen LogP contribution in [-0.4, -0.2) is 48.5 Å². The highest BCUT2D eigenvalue weighted by Crippen LogP contribution is 2.42. The highest BCUT2D eigenvalue weighted by Gasteiger charge is 2.36. The number of rotatable bonds is 9. The van der Waals surface area contributed by atoms with Crippen LogP contribution in [0.5, 0.6) is 0 Å². The molecule has 0 radical (unpaired) electrons. The summed E-state index contributed by atoms with van der Waals surface area (Å²) in [6.07, 6.45) is 22.1. The molecule has 0 aromatic rings. The van der Waals surface area contributed by atoms with E-state index in [1.165, 1.54) is 89.9 Å². The Labute approximate surface area is 202 Å². The van der Waals surface area contributed by atoms with Crippen molar-refractivity contribution in [3.05, 3.63) is 12.2 Å². The fourth-order valence-corrected chi connectivity index (χ4v) is 7.64. The normalized spacial score (nSPS) is 37.3. The smallest absolute Gasteiger partial charge is 0.151 e. The molecule has 2 saturated carbocycles. The summed E-state index contributed by atoms with van der Waals surface area (Å²) in [4.78, 5) is 0. The number of methoxy groups -OCH3 is 1. The maximum absolute atomic E-state index is 9.74. The Morgan fingerprint density at radius 2 is 1.67 bits per heavy atom. The Morgan fingerprint density at radius 1 is 0.909 bits per heavy atom. The second kappa shape index (κ2) is 13.0. The standard InChI is InChI=1S/C28H50N2O3/c1-33-28-23(14-17-26(30-28)22-10-6-3-7-11-22)19-29-24-15-12-21(13-16-24)25(18-27(31)32)20-8-4-2-5-9-20/h3,6,20-32H,2,4-5,7-19H2,1H3. The fraction of sp³-hybridized carbons (Fsp3) is 0.929. The van der Waals surface area contributed by atoms with Crippen LogP contribution in [0.2, 0.25) is 0 Å². The number of hydrogen-bond donors (Lipinski definition) is 4. The maximum atomic E-state index is 9.74. The molecule has 0 aromatic heterocycles. The van der Waals surface area contributed by atoms with Crippen molar-refractivity contribution in [2.75, 3.05) is 13.7 Å². The zero-order chi connectivity index (χ0) is 23.0. The average molecular weight is 463 g/mol. The molecule has 0 aromatic carbocycles. The summed E-state index contributed by atoms with van der Waals surface area (Å²) in [5.41, 5.74) is 0. The van der Waals surface area contributed by atoms with Crippen LogP contribution in [0, 0.1) is 29.6 Å². The lowest BCUT2D eigenvalue weighted by molar-refractivity contribution is -0.0730. The van der Waals surface area contributed by atoms with E-state index in [4.69, 9.17) is 4.74 Å². The number of allylic oxidation sites excluding steroid dienone is 2. The van der Waals surface area contributed by atoms with E-state index in [-0.39, 0.29) is 6.23 Å². The van der Waals surface area contributed by atoms with Gasteiger partial charge in [0, 0.05) is 38.1 Å². The minimum atomic E-state index is -1.15. The lowest BCUT2D eigenvalue weighted by Gasteiger charge is -2.42. The van der Waals surface area contributed by atoms with Gasteiger partial charge in [0.25, 0.3) is 0 Å². The molecule has 190 valence electrons. The number of aliphatic hydroxyl groups is 2. The van der Waals surface area contributed by atoms with Gasteiger partial charge in [0.2, 0.25) is 0 Å². The largest absolute Gasteiger partial charge is 0.368 e. The van der Waals surface area contributed by atoms with Gasteiger partial charge < -0.3 is 20.3 Å². The van der Waals surface area contributed by atoms with Gasteiger partial charge in [0.1, 0.15) is 6.23 Å². The van der Waals surface area contributed by atoms with Crippen molar-refractivity contribution in [2.24, 2.45) is 29.6 Å². The molecule has 5 unspecified atom stereocenters. The van der Waals surface area contributed by atoms with Gasteiger partial charge in [-0.15, -0.1) is 0 Å². The second-order valence-electron chi connectivity index (χ2n) is 11.6. The monoisotopic (exact) mass is 462 g/mol. The van der Waals surface area contributed by atoms with Crippen LogP contribution in [0.1, 0.15) is 96.3 Å². The van der Waals surface area contributed by atoms with Crippen molar-refractivity contribution in [1.82, 2.24) is 10.6 Å². The summed E-state index contributed by atoms with van der Waals surface area (Å²) in [5.74, 6) is 3.19. The van der Waals surface area contributed by atoms with Gasteiger partial charge in [0.15, 0.2) is 6.29 Å². The molecule has 4 N–H and O–H groups in total. The summed E-state index contributed by atoms with van der Waals surface area (Å²) in [6, 6.07) is 1.20. The molecule has 4 rings (SSSR count). The van der Waals surface area contributed by atoms with Crippen LogP contribution < -0.4 is 10.6 Å². The van der Waals surface area contributed by atoms with Crippen molar-refractivity contribution < 1.29 is 14.9 Å². The van der Waals surface area contributed by atoms with Crippen molar-refractivity contribution in [1.29, 1.82) is 0 Å². The molecule has 0 spiro atoms. The zero-order valence-electron chi connectivity index (χ0n) is 21.0. The van der Waals surface area contributed by atoms with Crippen LogP contribution in [0.15, 0.2) is 12.2 Å². The van der Waals surface area contributed by atoms with Gasteiger partial charge in [-0.3, -0.25) is 5.32 Å². The number of nitrogens with one attached hydrogen (secondary N) is 2. The minimum absolute atomic E-state index is 0.167. The third-order valence-corrected chi connectivity index (χ3v) is 9.57. The van der Waals surface area contributed by atoms with E-state index >= 15 is 0 Å². The zero-order valence-corrected chi connectivity index (χ0v) is 21.0. The molecule has 0 bridgehead atoms. The van der Waals surface area contributed by atoms with E-state index in [1.54, 1.807) is 0 Å². The first-order chi connectivity index (χ1) is 16.1. The second-order valence-corrected chi connectivity index (χ2v) is 11.6. The fourth-order valence-electron chi connectivity index (χ4n) is 7.64. The molecule has 4 aliphatic rings. The van der Waals surface area contributed by atoms with Crippen molar-refractivity contribution in [3.8, 4) is 0 Å². The number of hydrogen-bond acceptors (Lipinski definition) is 5. The number of aliphatic hydroxyl groups excluding tert-OH is 1. The SMILES string of the molecule is COC1NC(C2CC=CCC2)CCC1CNC1CCC(C(CC(O)O)C2CCCCC2)CC1. The number of ether oxygens (including phenoxy) is 1. The van der Waals surface area contributed by atoms with Gasteiger partial charge in [-0.1, -0.05) is 44.3 Å². The third kappa shape index (κ3) is 7.27. The summed E-state index contributed by atoms with van der Waals surface area (Å²) >= 11 is 0. The Morgan fingerprint density at radius 3 is 2.33 bits per heavy atom. The highest BCUT2D eigenvalue weighted by atomic mass is 16.5. The predicted octanol–water partition coefficient (Wildman–Crippen LogP) is 4.73. The van der Waals surface area contributed by atoms with E-state index < -0.39 is 6.29 Å². The van der Waals surface area contributed by atoms with Crippen LogP contribution in [0.25, 0.3) is 0 Å². The van der Waals surface area contributed by atoms with E-state index in [9.17, 15) is 10.2 Å². The molecule has 33 heavy (non-hydrogen) atoms. The summed E-state index contributed by atoms with van der Waals surface area (Å²) in [5, 5.41) is 27.2. The van der Waals surface area contributed by atoms with Crippen molar-refractivity contribution >= 4 is 0 Å². The average Bonchev–Trinajstić information content (AvgIpc) is 2.87. The number of piperidine rings is 1. The van der Waals surface area contributed by atoms with E-state index in [0.717, 1.165) is 12.5 Å². The Balaban J connectivity index is 1.21. The van der Waals surface area contributed by atoms with Gasteiger partial charge in [-0.25, -0.2) is 0 Å². The summed E-state index contributed by atoms with van der Waals surface area (Å²) in [7, 11) is 1.86. The summed E-state index contributed by atoms with van der Waals surface area (Å²) < 4.78 is 5.90. The highest BCUT2D eigenvalue weighted by molar-refractivity contribution is 4.96. The van der Waals surface area contributed by atoms with Crippen molar-refractivity contribution in [3.63, 3.8) is 0 Å². The molecular weight excluding hydrogens is 412 g/mol. The molecule has 5 atom stereocenters. The van der Waals surface area contributed by atoms with Crippen LogP contribution >= 0.6 is 0 Å². The molecule has 3 fully saturated rings. The maximum Gasteiger partial charge on any atom is 0.151 e. The van der Waals surface area contributed by atoms with Gasteiger partial charge >= 0.3 is 0 Å². The van der Waals surface area contributed by atoms with Crippen LogP contribution in [0.3, 0.4) is 0 Å². The first-order valence-electron chi connectivity index (χ1n) is 14.2. The quantitative estimate of drug-likeness (QED) is 0.294. The third-order valence-electron chi connectivity index (χ3n) is 9.57. The van der Waals surface area contributed by atoms with E-state index in [0.29, 0.717) is 42.2 Å². The van der Waals surface area contributed by atoms with Crippen LogP contribution in [-0.2, 0) is 4.74 Å². The lowest BCUT2D eigenvalue weighted by Crippen LogP contribution is -2.54. The van der Waals surface area contributed by atoms with Crippen molar-refractivity contribution in [2.45, 2.75) is 121 Å². The molecule has 0 amide bonds. The van der Waals surface area contributed by atoms with E-state index in [2.05, 4.69) is 22.8 Å². The minimum Gasteiger partial charge on any atom is -0.368 e.